The molecule has 9 nitrogen and oxygen atoms in total. The number of fused-ring (bicyclic) bond motifs is 21. The third-order valence-electron chi connectivity index (χ3n) is 17.2. The first-order valence-electron chi connectivity index (χ1n) is 26.9. The number of nitrogens with zero attached hydrogens (tertiary/aromatic N) is 8. The van der Waals surface area contributed by atoms with Gasteiger partial charge in [0.25, 0.3) is 0 Å². The molecule has 370 valence electrons. The molecule has 1 aliphatic heterocycles. The lowest BCUT2D eigenvalue weighted by molar-refractivity contribution is 0.433. The average molecular weight is 1020 g/mol. The van der Waals surface area contributed by atoms with Crippen molar-refractivity contribution in [3.05, 3.63) is 277 Å². The fourth-order valence-electron chi connectivity index (χ4n) is 14.0. The van der Waals surface area contributed by atoms with E-state index in [2.05, 4.69) is 229 Å². The molecule has 2 aliphatic rings. The molecule has 0 N–H and O–H groups in total. The van der Waals surface area contributed by atoms with E-state index >= 15 is 0 Å². The number of aromatic nitrogens is 7. The van der Waals surface area contributed by atoms with Crippen LogP contribution in [-0.4, -0.2) is 33.2 Å². The number of ether oxygens (including phenoxy) is 1. The van der Waals surface area contributed by atoms with Crippen molar-refractivity contribution in [2.75, 3.05) is 0 Å². The lowest BCUT2D eigenvalue weighted by Gasteiger charge is -2.40. The van der Waals surface area contributed by atoms with Crippen LogP contribution in [0.2, 0.25) is 0 Å². The molecule has 7 aromatic heterocycles. The van der Waals surface area contributed by atoms with Crippen molar-refractivity contribution >= 4 is 92.9 Å². The zero-order chi connectivity index (χ0) is 52.4. The molecule has 0 radical (unpaired) electrons. The van der Waals surface area contributed by atoms with Gasteiger partial charge in [-0.15, -0.1) is 0 Å². The van der Waals surface area contributed by atoms with Gasteiger partial charge in [0.15, 0.2) is 17.2 Å². The fraction of sp³-hybridized carbons (Fsp3) is 0.0141. The van der Waals surface area contributed by atoms with Gasteiger partial charge in [-0.25, -0.2) is 4.85 Å². The predicted octanol–water partition coefficient (Wildman–Crippen LogP) is 17.3. The zero-order valence-electron chi connectivity index (χ0n) is 42.6. The van der Waals surface area contributed by atoms with Crippen LogP contribution in [0.1, 0.15) is 22.3 Å². The summed E-state index contributed by atoms with van der Waals surface area (Å²) in [5, 5.41) is 8.95. The Morgan fingerprint density at radius 3 is 1.21 bits per heavy atom. The van der Waals surface area contributed by atoms with Crippen LogP contribution in [0.25, 0.3) is 126 Å². The highest BCUT2D eigenvalue weighted by atomic mass is 16.5. The van der Waals surface area contributed by atoms with Crippen LogP contribution >= 0.6 is 0 Å². The van der Waals surface area contributed by atoms with E-state index in [4.69, 9.17) is 26.3 Å². The Labute approximate surface area is 456 Å². The summed E-state index contributed by atoms with van der Waals surface area (Å²) in [6, 6.07) is 77.8. The van der Waals surface area contributed by atoms with Crippen molar-refractivity contribution in [1.29, 1.82) is 0 Å². The Kier molecular flexibility index (Phi) is 8.48. The second-order valence-electron chi connectivity index (χ2n) is 21.0. The molecule has 0 saturated carbocycles. The standard InChI is InChI=1S/C71H40N8O/c1-72-42-32-33-63-52(36-42)50-21-7-10-26-59(50)77(63)44-38-56-68(75-40-44)67-55(37-43(39-74-67)76-57-24-8-2-16-45(57)46-17-3-9-25-58(46)76)71(56)53-22-14-30-64(78-60-27-11-4-18-47(60)48-19-5-12-28-61(48)78)69(53)80-70-54(71)23-15-31-65(70)79-62-29-13-6-20-49(62)51-34-35-73-41-66(51)79/h2-41H. The Morgan fingerprint density at radius 1 is 0.350 bits per heavy atom. The number of pyridine rings is 3. The van der Waals surface area contributed by atoms with E-state index in [1.54, 1.807) is 0 Å². The summed E-state index contributed by atoms with van der Waals surface area (Å²) in [5.74, 6) is 1.45. The van der Waals surface area contributed by atoms with Crippen LogP contribution in [0.15, 0.2) is 243 Å². The molecule has 16 aromatic rings. The number of rotatable bonds is 4. The molecule has 80 heavy (non-hydrogen) atoms. The Bertz CT molecular complexity index is 5130. The first-order valence-corrected chi connectivity index (χ1v) is 26.9. The first-order chi connectivity index (χ1) is 39.7. The molecule has 0 saturated heterocycles. The van der Waals surface area contributed by atoms with Crippen LogP contribution in [0.4, 0.5) is 5.69 Å². The molecule has 0 fully saturated rings. The van der Waals surface area contributed by atoms with Crippen molar-refractivity contribution < 1.29 is 4.74 Å². The lowest BCUT2D eigenvalue weighted by atomic mass is 9.66. The monoisotopic (exact) mass is 1020 g/mol. The fourth-order valence-corrected chi connectivity index (χ4v) is 14.0. The van der Waals surface area contributed by atoms with Gasteiger partial charge in [0.2, 0.25) is 0 Å². The van der Waals surface area contributed by atoms with Crippen LogP contribution < -0.4 is 4.74 Å². The van der Waals surface area contributed by atoms with E-state index in [1.807, 2.05) is 36.9 Å². The van der Waals surface area contributed by atoms with E-state index < -0.39 is 5.41 Å². The highest BCUT2D eigenvalue weighted by Crippen LogP contribution is 2.64. The maximum Gasteiger partial charge on any atom is 0.188 e. The van der Waals surface area contributed by atoms with Crippen molar-refractivity contribution in [2.45, 2.75) is 5.41 Å². The molecule has 0 amide bonds. The molecule has 8 heterocycles. The van der Waals surface area contributed by atoms with Crippen LogP contribution in [0.5, 0.6) is 11.5 Å². The van der Waals surface area contributed by atoms with Crippen molar-refractivity contribution in [2.24, 2.45) is 0 Å². The number of hydrogen-bond acceptors (Lipinski definition) is 4. The minimum atomic E-state index is -1.09. The minimum Gasteiger partial charge on any atom is -0.452 e. The summed E-state index contributed by atoms with van der Waals surface area (Å²) in [7, 11) is 0. The summed E-state index contributed by atoms with van der Waals surface area (Å²) in [4.78, 5) is 19.8. The normalized spacial score (nSPS) is 14.4. The van der Waals surface area contributed by atoms with Crippen LogP contribution in [-0.2, 0) is 5.41 Å². The van der Waals surface area contributed by atoms with Crippen molar-refractivity contribution in [3.63, 3.8) is 0 Å². The molecule has 9 heteroatoms. The van der Waals surface area contributed by atoms with Gasteiger partial charge in [-0.2, -0.15) is 0 Å². The van der Waals surface area contributed by atoms with Gasteiger partial charge in [-0.3, -0.25) is 15.0 Å². The first kappa shape index (κ1) is 43.1. The van der Waals surface area contributed by atoms with E-state index in [9.17, 15) is 0 Å². The van der Waals surface area contributed by atoms with Gasteiger partial charge in [0.1, 0.15) is 0 Å². The summed E-state index contributed by atoms with van der Waals surface area (Å²) in [6.45, 7) is 7.98. The lowest BCUT2D eigenvalue weighted by Crippen LogP contribution is -2.33. The number of benzene rings is 9. The van der Waals surface area contributed by atoms with E-state index in [-0.39, 0.29) is 0 Å². The quantitative estimate of drug-likeness (QED) is 0.165. The van der Waals surface area contributed by atoms with Gasteiger partial charge in [0, 0.05) is 66.2 Å². The third-order valence-corrected chi connectivity index (χ3v) is 17.2. The van der Waals surface area contributed by atoms with Gasteiger partial charge in [0.05, 0.1) is 109 Å². The van der Waals surface area contributed by atoms with Gasteiger partial charge in [-0.05, 0) is 84.2 Å². The smallest absolute Gasteiger partial charge is 0.188 e. The topological polar surface area (TPSA) is 72.0 Å². The minimum absolute atomic E-state index is 0.594. The molecular weight excluding hydrogens is 981 g/mol. The molecule has 18 rings (SSSR count). The predicted molar refractivity (Wildman–Crippen MR) is 321 cm³/mol. The van der Waals surface area contributed by atoms with Crippen LogP contribution in [0.3, 0.4) is 0 Å². The summed E-state index contributed by atoms with van der Waals surface area (Å²) < 4.78 is 17.3. The Hall–Kier alpha value is -11.1. The molecular formula is C71H40N8O. The van der Waals surface area contributed by atoms with Gasteiger partial charge in [-0.1, -0.05) is 140 Å². The molecule has 1 atom stereocenters. The molecule has 9 aromatic carbocycles. The number of para-hydroxylation sites is 8. The van der Waals surface area contributed by atoms with Crippen molar-refractivity contribution in [3.8, 4) is 45.6 Å². The summed E-state index contributed by atoms with van der Waals surface area (Å²) >= 11 is 0. The second-order valence-corrected chi connectivity index (χ2v) is 21.0. The average Bonchev–Trinajstić information content (AvgIpc) is 4.36. The van der Waals surface area contributed by atoms with E-state index in [0.717, 1.165) is 144 Å². The van der Waals surface area contributed by atoms with Crippen LogP contribution in [0, 0.1) is 6.57 Å². The summed E-state index contributed by atoms with van der Waals surface area (Å²) in [5.41, 5.74) is 17.0. The third kappa shape index (κ3) is 5.45. The maximum absolute atomic E-state index is 7.98. The highest BCUT2D eigenvalue weighted by molar-refractivity contribution is 6.13. The Balaban J connectivity index is 1.02. The largest absolute Gasteiger partial charge is 0.452 e. The van der Waals surface area contributed by atoms with E-state index in [1.165, 1.54) is 10.8 Å². The molecule has 1 spiro atoms. The maximum atomic E-state index is 7.98. The SMILES string of the molecule is [C-]#[N+]c1ccc2c(c1)c1ccccc1n2-c1cnc2c(c1)C1(c3cc(-n4c5ccccc5c5ccccc54)cnc3-2)c2cccc(-n3c4ccccc4c4ccccc43)c2Oc2c(-n3c4ccccc4c4ccncc43)cccc21. The highest BCUT2D eigenvalue weighted by Gasteiger charge is 2.54. The van der Waals surface area contributed by atoms with Gasteiger partial charge < -0.3 is 23.0 Å². The molecule has 1 unspecified atom stereocenters. The Morgan fingerprint density at radius 2 is 0.750 bits per heavy atom. The van der Waals surface area contributed by atoms with E-state index in [0.29, 0.717) is 5.69 Å². The zero-order valence-corrected chi connectivity index (χ0v) is 42.6. The molecule has 0 bridgehead atoms. The van der Waals surface area contributed by atoms with Gasteiger partial charge >= 0.3 is 0 Å². The number of hydrogen-bond donors (Lipinski definition) is 0. The molecule has 1 aliphatic carbocycles. The summed E-state index contributed by atoms with van der Waals surface area (Å²) in [6.07, 6.45) is 7.86. The van der Waals surface area contributed by atoms with Crippen molar-refractivity contribution in [1.82, 2.24) is 33.2 Å². The second kappa shape index (κ2) is 15.8.